The lowest BCUT2D eigenvalue weighted by atomic mass is 9.93. The van der Waals surface area contributed by atoms with E-state index in [4.69, 9.17) is 0 Å². The van der Waals surface area contributed by atoms with Crippen molar-refractivity contribution in [2.45, 2.75) is 45.0 Å². The molecule has 1 N–H and O–H groups in total. The molecule has 188 valence electrons. The summed E-state index contributed by atoms with van der Waals surface area (Å²) in [5.74, 6) is -1.66. The molecule has 0 amide bonds. The van der Waals surface area contributed by atoms with Crippen molar-refractivity contribution in [3.8, 4) is 11.4 Å². The summed E-state index contributed by atoms with van der Waals surface area (Å²) < 4.78 is 73.3. The average molecular weight is 505 g/mol. The topological polar surface area (TPSA) is 82.7 Å². The highest BCUT2D eigenvalue weighted by molar-refractivity contribution is 5.56. The van der Waals surface area contributed by atoms with Gasteiger partial charge in [0.2, 0.25) is 5.95 Å². The number of fused-ring (bicyclic) bond motifs is 1. The van der Waals surface area contributed by atoms with Gasteiger partial charge in [0, 0.05) is 18.2 Å². The van der Waals surface area contributed by atoms with Gasteiger partial charge in [0.15, 0.2) is 17.4 Å². The first kappa shape index (κ1) is 23.7. The number of hydrogen-bond donors (Lipinski definition) is 1. The van der Waals surface area contributed by atoms with E-state index in [9.17, 15) is 22.0 Å². The maximum Gasteiger partial charge on any atom is 0.573 e. The number of ether oxygens (including phenoxy) is 1. The molecule has 0 bridgehead atoms. The van der Waals surface area contributed by atoms with Crippen molar-refractivity contribution >= 4 is 11.6 Å². The number of nitrogens with one attached hydrogen (secondary N) is 1. The number of aromatic nitrogens is 6. The van der Waals surface area contributed by atoms with Crippen LogP contribution in [0.3, 0.4) is 0 Å². The molecule has 2 aromatic carbocycles. The molecule has 0 saturated carbocycles. The van der Waals surface area contributed by atoms with Crippen molar-refractivity contribution in [3.05, 3.63) is 71.6 Å². The van der Waals surface area contributed by atoms with Crippen molar-refractivity contribution in [1.29, 1.82) is 0 Å². The third kappa shape index (κ3) is 4.99. The Balaban J connectivity index is 1.40. The minimum Gasteiger partial charge on any atom is -0.403 e. The predicted octanol–water partition coefficient (Wildman–Crippen LogP) is 5.40. The van der Waals surface area contributed by atoms with Crippen molar-refractivity contribution in [1.82, 2.24) is 29.5 Å². The standard InChI is InChI=1S/C23H20F5N7O/c1-13-29-12-35(32-13)19-7-6-15(11-17(19)24)30-22-31-21-16(4-2-3-9-34(21)33-22)14-5-8-20(18(25)10-14)36-23(26,27)28/h5-8,10-12,16H,2-4,9H2,1H3,(H,30,33). The summed E-state index contributed by atoms with van der Waals surface area (Å²) in [5, 5.41) is 11.5. The van der Waals surface area contributed by atoms with Crippen LogP contribution in [-0.4, -0.2) is 35.9 Å². The molecule has 0 fully saturated rings. The predicted molar refractivity (Wildman–Crippen MR) is 118 cm³/mol. The maximum atomic E-state index is 14.7. The highest BCUT2D eigenvalue weighted by Crippen LogP contribution is 2.35. The van der Waals surface area contributed by atoms with Gasteiger partial charge in [0.1, 0.15) is 23.7 Å². The number of halogens is 5. The van der Waals surface area contributed by atoms with Crippen LogP contribution in [-0.2, 0) is 6.54 Å². The van der Waals surface area contributed by atoms with E-state index in [0.717, 1.165) is 25.0 Å². The van der Waals surface area contributed by atoms with Gasteiger partial charge in [-0.2, -0.15) is 10.1 Å². The fourth-order valence-electron chi connectivity index (χ4n) is 4.19. The highest BCUT2D eigenvalue weighted by atomic mass is 19.4. The maximum absolute atomic E-state index is 14.7. The Kier molecular flexibility index (Phi) is 6.06. The summed E-state index contributed by atoms with van der Waals surface area (Å²) in [6.07, 6.45) is -1.37. The quantitative estimate of drug-likeness (QED) is 0.366. The molecule has 1 aliphatic heterocycles. The second-order valence-electron chi connectivity index (χ2n) is 8.33. The van der Waals surface area contributed by atoms with E-state index in [2.05, 4.69) is 30.2 Å². The largest absolute Gasteiger partial charge is 0.573 e. The minimum atomic E-state index is -4.99. The van der Waals surface area contributed by atoms with E-state index in [1.807, 2.05) is 0 Å². The highest BCUT2D eigenvalue weighted by Gasteiger charge is 2.33. The third-order valence-electron chi connectivity index (χ3n) is 5.77. The van der Waals surface area contributed by atoms with Gasteiger partial charge in [-0.1, -0.05) is 12.5 Å². The molecule has 4 aromatic rings. The summed E-state index contributed by atoms with van der Waals surface area (Å²) in [5.41, 5.74) is 1.10. The molecule has 3 heterocycles. The Morgan fingerprint density at radius 3 is 2.56 bits per heavy atom. The Bertz CT molecular complexity index is 1400. The first-order chi connectivity index (χ1) is 17.2. The SMILES string of the molecule is Cc1ncn(-c2ccc(Nc3nc4n(n3)CCCCC4c3ccc(OC(F)(F)F)c(F)c3)cc2F)n1. The van der Waals surface area contributed by atoms with E-state index in [1.165, 1.54) is 23.1 Å². The Morgan fingerprint density at radius 1 is 1.03 bits per heavy atom. The monoisotopic (exact) mass is 505 g/mol. The van der Waals surface area contributed by atoms with Crippen LogP contribution in [0.4, 0.5) is 33.6 Å². The van der Waals surface area contributed by atoms with Gasteiger partial charge < -0.3 is 10.1 Å². The normalized spacial score (nSPS) is 15.9. The molecule has 1 aliphatic rings. The van der Waals surface area contributed by atoms with Crippen molar-refractivity contribution in [2.24, 2.45) is 0 Å². The van der Waals surface area contributed by atoms with Crippen LogP contribution >= 0.6 is 0 Å². The van der Waals surface area contributed by atoms with Gasteiger partial charge >= 0.3 is 6.36 Å². The molecular formula is C23H20F5N7O. The lowest BCUT2D eigenvalue weighted by molar-refractivity contribution is -0.275. The number of benzene rings is 2. The van der Waals surface area contributed by atoms with Gasteiger partial charge in [0.05, 0.1) is 0 Å². The molecule has 8 nitrogen and oxygen atoms in total. The van der Waals surface area contributed by atoms with Crippen LogP contribution in [0.15, 0.2) is 42.7 Å². The van der Waals surface area contributed by atoms with Crippen LogP contribution < -0.4 is 10.1 Å². The van der Waals surface area contributed by atoms with Crippen LogP contribution in [0.5, 0.6) is 5.75 Å². The molecule has 1 unspecified atom stereocenters. The van der Waals surface area contributed by atoms with Crippen LogP contribution in [0.25, 0.3) is 5.69 Å². The van der Waals surface area contributed by atoms with Gasteiger partial charge in [-0.05, 0) is 55.7 Å². The Morgan fingerprint density at radius 2 is 1.86 bits per heavy atom. The number of hydrogen-bond acceptors (Lipinski definition) is 6. The molecule has 36 heavy (non-hydrogen) atoms. The van der Waals surface area contributed by atoms with Crippen molar-refractivity contribution in [2.75, 3.05) is 5.32 Å². The summed E-state index contributed by atoms with van der Waals surface area (Å²) in [7, 11) is 0. The van der Waals surface area contributed by atoms with Crippen LogP contribution in [0, 0.1) is 18.6 Å². The summed E-state index contributed by atoms with van der Waals surface area (Å²) in [6, 6.07) is 7.86. The molecule has 1 atom stereocenters. The average Bonchev–Trinajstić information content (AvgIpc) is 3.35. The first-order valence-corrected chi connectivity index (χ1v) is 11.1. The Hall–Kier alpha value is -4.03. The summed E-state index contributed by atoms with van der Waals surface area (Å²) in [4.78, 5) is 8.54. The van der Waals surface area contributed by atoms with E-state index in [-0.39, 0.29) is 17.6 Å². The molecular weight excluding hydrogens is 485 g/mol. The summed E-state index contributed by atoms with van der Waals surface area (Å²) >= 11 is 0. The minimum absolute atomic E-state index is 0.221. The third-order valence-corrected chi connectivity index (χ3v) is 5.77. The van der Waals surface area contributed by atoms with E-state index in [0.29, 0.717) is 35.9 Å². The number of alkyl halides is 3. The van der Waals surface area contributed by atoms with E-state index in [1.54, 1.807) is 23.7 Å². The van der Waals surface area contributed by atoms with Gasteiger partial charge in [-0.3, -0.25) is 0 Å². The molecule has 0 spiro atoms. The second-order valence-corrected chi connectivity index (χ2v) is 8.33. The lowest BCUT2D eigenvalue weighted by Crippen LogP contribution is -2.18. The van der Waals surface area contributed by atoms with Gasteiger partial charge in [-0.15, -0.1) is 18.3 Å². The van der Waals surface area contributed by atoms with Crippen molar-refractivity contribution in [3.63, 3.8) is 0 Å². The molecule has 0 saturated heterocycles. The van der Waals surface area contributed by atoms with Gasteiger partial charge in [-0.25, -0.2) is 23.1 Å². The fourth-order valence-corrected chi connectivity index (χ4v) is 4.19. The fraction of sp³-hybridized carbons (Fsp3) is 0.304. The molecule has 2 aromatic heterocycles. The smallest absolute Gasteiger partial charge is 0.403 e. The summed E-state index contributed by atoms with van der Waals surface area (Å²) in [6.45, 7) is 2.27. The second kappa shape index (κ2) is 9.21. The first-order valence-electron chi connectivity index (χ1n) is 11.1. The van der Waals surface area contributed by atoms with E-state index < -0.39 is 23.7 Å². The van der Waals surface area contributed by atoms with Crippen molar-refractivity contribution < 1.29 is 26.7 Å². The Labute approximate surface area is 201 Å². The number of aryl methyl sites for hydroxylation is 2. The van der Waals surface area contributed by atoms with Gasteiger partial charge in [0.25, 0.3) is 0 Å². The number of rotatable bonds is 5. The zero-order chi connectivity index (χ0) is 25.4. The zero-order valence-corrected chi connectivity index (χ0v) is 18.9. The molecule has 0 radical (unpaired) electrons. The molecule has 5 rings (SSSR count). The lowest BCUT2D eigenvalue weighted by Gasteiger charge is -2.16. The number of nitrogens with zero attached hydrogens (tertiary/aromatic N) is 6. The molecule has 0 aliphatic carbocycles. The van der Waals surface area contributed by atoms with Crippen LogP contribution in [0.1, 0.15) is 42.4 Å². The van der Waals surface area contributed by atoms with Crippen LogP contribution in [0.2, 0.25) is 0 Å². The zero-order valence-electron chi connectivity index (χ0n) is 18.9. The number of anilines is 2. The molecule has 13 heteroatoms. The van der Waals surface area contributed by atoms with E-state index >= 15 is 0 Å².